The van der Waals surface area contributed by atoms with Crippen LogP contribution in [0.3, 0.4) is 0 Å². The minimum absolute atomic E-state index is 0.0523. The van der Waals surface area contributed by atoms with Crippen molar-refractivity contribution in [2.45, 2.75) is 6.18 Å². The highest BCUT2D eigenvalue weighted by Gasteiger charge is 2.33. The van der Waals surface area contributed by atoms with E-state index in [0.717, 1.165) is 12.3 Å². The molecular formula is C12H7F3N4. The zero-order valence-corrected chi connectivity index (χ0v) is 9.46. The fourth-order valence-corrected chi connectivity index (χ4v) is 1.74. The first kappa shape index (κ1) is 11.6. The third kappa shape index (κ3) is 2.03. The monoisotopic (exact) mass is 264 g/mol. The van der Waals surface area contributed by atoms with Gasteiger partial charge in [0.15, 0.2) is 0 Å². The van der Waals surface area contributed by atoms with Crippen LogP contribution < -0.4 is 0 Å². The molecule has 0 aliphatic heterocycles. The second kappa shape index (κ2) is 4.04. The number of imidazole rings is 1. The minimum atomic E-state index is -4.49. The van der Waals surface area contributed by atoms with E-state index in [1.165, 1.54) is 10.9 Å². The fourth-order valence-electron chi connectivity index (χ4n) is 1.74. The third-order valence-corrected chi connectivity index (χ3v) is 2.60. The molecule has 19 heavy (non-hydrogen) atoms. The lowest BCUT2D eigenvalue weighted by atomic mass is 10.3. The van der Waals surface area contributed by atoms with Crippen LogP contribution in [0.25, 0.3) is 17.0 Å². The summed E-state index contributed by atoms with van der Waals surface area (Å²) in [5, 5.41) is 0. The lowest BCUT2D eigenvalue weighted by Crippen LogP contribution is -2.11. The Kier molecular flexibility index (Phi) is 2.48. The summed E-state index contributed by atoms with van der Waals surface area (Å²) in [6.45, 7) is 0. The van der Waals surface area contributed by atoms with Crippen molar-refractivity contribution in [3.05, 3.63) is 48.5 Å². The third-order valence-electron chi connectivity index (χ3n) is 2.60. The van der Waals surface area contributed by atoms with Crippen molar-refractivity contribution in [3.8, 4) is 5.95 Å². The molecule has 3 rings (SSSR count). The molecule has 2 aromatic heterocycles. The maximum atomic E-state index is 12.6. The quantitative estimate of drug-likeness (QED) is 0.678. The van der Waals surface area contributed by atoms with Crippen LogP contribution >= 0.6 is 0 Å². The highest BCUT2D eigenvalue weighted by atomic mass is 19.4. The van der Waals surface area contributed by atoms with Crippen molar-refractivity contribution in [3.63, 3.8) is 0 Å². The first-order chi connectivity index (χ1) is 9.05. The van der Waals surface area contributed by atoms with Crippen LogP contribution in [0, 0.1) is 0 Å². The topological polar surface area (TPSA) is 43.6 Å². The lowest BCUT2D eigenvalue weighted by molar-refractivity contribution is -0.141. The van der Waals surface area contributed by atoms with Crippen LogP contribution in [0.5, 0.6) is 0 Å². The normalized spacial score (nSPS) is 11.9. The number of nitrogens with zero attached hydrogens (tertiary/aromatic N) is 4. The van der Waals surface area contributed by atoms with Crippen LogP contribution in [0.4, 0.5) is 13.2 Å². The Labute approximate surface area is 105 Å². The zero-order chi connectivity index (χ0) is 13.5. The summed E-state index contributed by atoms with van der Waals surface area (Å²) in [5.74, 6) is -0.0523. The molecule has 96 valence electrons. The van der Waals surface area contributed by atoms with Crippen LogP contribution in [-0.4, -0.2) is 19.5 Å². The number of aromatic nitrogens is 4. The van der Waals surface area contributed by atoms with E-state index in [2.05, 4.69) is 15.0 Å². The smallest absolute Gasteiger partial charge is 0.267 e. The number of benzene rings is 1. The molecule has 3 aromatic rings. The first-order valence-corrected chi connectivity index (χ1v) is 5.38. The number of hydrogen-bond donors (Lipinski definition) is 0. The van der Waals surface area contributed by atoms with Gasteiger partial charge >= 0.3 is 6.18 Å². The van der Waals surface area contributed by atoms with E-state index in [0.29, 0.717) is 11.0 Å². The predicted molar refractivity (Wildman–Crippen MR) is 61.7 cm³/mol. The Morgan fingerprint density at radius 2 is 1.79 bits per heavy atom. The van der Waals surface area contributed by atoms with E-state index in [9.17, 15) is 13.2 Å². The number of halogens is 3. The lowest BCUT2D eigenvalue weighted by Gasteiger charge is -2.07. The van der Waals surface area contributed by atoms with Gasteiger partial charge in [-0.1, -0.05) is 12.1 Å². The van der Waals surface area contributed by atoms with Crippen molar-refractivity contribution >= 4 is 11.0 Å². The van der Waals surface area contributed by atoms with Gasteiger partial charge in [0.25, 0.3) is 0 Å². The summed E-state index contributed by atoms with van der Waals surface area (Å²) in [5.41, 5.74) is 0.348. The van der Waals surface area contributed by atoms with E-state index in [4.69, 9.17) is 0 Å². The van der Waals surface area contributed by atoms with Crippen molar-refractivity contribution in [1.82, 2.24) is 19.5 Å². The second-order valence-electron chi connectivity index (χ2n) is 3.84. The Bertz CT molecular complexity index is 733. The molecular weight excluding hydrogens is 257 g/mol. The Hall–Kier alpha value is -2.44. The van der Waals surface area contributed by atoms with Gasteiger partial charge < -0.3 is 0 Å². The van der Waals surface area contributed by atoms with E-state index in [-0.39, 0.29) is 5.95 Å². The second-order valence-corrected chi connectivity index (χ2v) is 3.84. The van der Waals surface area contributed by atoms with Gasteiger partial charge in [0.05, 0.1) is 11.0 Å². The van der Waals surface area contributed by atoms with Crippen LogP contribution in [0.1, 0.15) is 5.69 Å². The van der Waals surface area contributed by atoms with Crippen molar-refractivity contribution in [2.24, 2.45) is 0 Å². The summed E-state index contributed by atoms with van der Waals surface area (Å²) in [4.78, 5) is 11.5. The van der Waals surface area contributed by atoms with Crippen LogP contribution in [0.15, 0.2) is 42.9 Å². The molecule has 2 heterocycles. The summed E-state index contributed by atoms with van der Waals surface area (Å²) in [7, 11) is 0. The molecule has 0 aliphatic rings. The minimum Gasteiger partial charge on any atom is -0.267 e. The summed E-state index contributed by atoms with van der Waals surface area (Å²) < 4.78 is 39.2. The molecule has 0 spiro atoms. The summed E-state index contributed by atoms with van der Waals surface area (Å²) in [6, 6.07) is 7.91. The van der Waals surface area contributed by atoms with E-state index < -0.39 is 11.9 Å². The van der Waals surface area contributed by atoms with Crippen LogP contribution in [0.2, 0.25) is 0 Å². The van der Waals surface area contributed by atoms with Gasteiger partial charge in [0, 0.05) is 6.20 Å². The molecule has 0 saturated carbocycles. The van der Waals surface area contributed by atoms with Gasteiger partial charge in [0.1, 0.15) is 12.0 Å². The summed E-state index contributed by atoms with van der Waals surface area (Å²) in [6.07, 6.45) is -2.01. The molecule has 1 aromatic carbocycles. The molecule has 0 atom stereocenters. The molecule has 4 nitrogen and oxygen atoms in total. The van der Waals surface area contributed by atoms with E-state index in [1.54, 1.807) is 24.3 Å². The average molecular weight is 264 g/mol. The molecule has 0 saturated heterocycles. The molecule has 0 bridgehead atoms. The highest BCUT2D eigenvalue weighted by molar-refractivity contribution is 5.76. The molecule has 7 heteroatoms. The van der Waals surface area contributed by atoms with E-state index in [1.807, 2.05) is 0 Å². The Balaban J connectivity index is 2.17. The zero-order valence-electron chi connectivity index (χ0n) is 9.46. The highest BCUT2D eigenvalue weighted by Crippen LogP contribution is 2.27. The molecule has 0 N–H and O–H groups in total. The van der Waals surface area contributed by atoms with Crippen LogP contribution in [-0.2, 0) is 6.18 Å². The number of alkyl halides is 3. The van der Waals surface area contributed by atoms with Gasteiger partial charge in [-0.2, -0.15) is 13.2 Å². The van der Waals surface area contributed by atoms with Crippen molar-refractivity contribution in [1.29, 1.82) is 0 Å². The largest absolute Gasteiger partial charge is 0.433 e. The summed E-state index contributed by atoms with van der Waals surface area (Å²) >= 11 is 0. The first-order valence-electron chi connectivity index (χ1n) is 5.38. The Morgan fingerprint density at radius 3 is 2.58 bits per heavy atom. The molecule has 0 fully saturated rings. The fraction of sp³-hybridized carbons (Fsp3) is 0.0833. The van der Waals surface area contributed by atoms with Crippen molar-refractivity contribution in [2.75, 3.05) is 0 Å². The van der Waals surface area contributed by atoms with Crippen molar-refractivity contribution < 1.29 is 13.2 Å². The average Bonchev–Trinajstić information content (AvgIpc) is 2.82. The molecule has 0 radical (unpaired) electrons. The van der Waals surface area contributed by atoms with E-state index >= 15 is 0 Å². The number of para-hydroxylation sites is 2. The number of rotatable bonds is 1. The molecule has 0 aliphatic carbocycles. The SMILES string of the molecule is FC(F)(F)c1ccnc(-n2cnc3ccccc32)n1. The number of fused-ring (bicyclic) bond motifs is 1. The van der Waals surface area contributed by atoms with Gasteiger partial charge in [-0.3, -0.25) is 4.57 Å². The number of hydrogen-bond acceptors (Lipinski definition) is 3. The standard InChI is InChI=1S/C12H7F3N4/c13-12(14,15)10-5-6-16-11(18-10)19-7-17-8-3-1-2-4-9(8)19/h1-7H. The van der Waals surface area contributed by atoms with Gasteiger partial charge in [-0.25, -0.2) is 15.0 Å². The maximum absolute atomic E-state index is 12.6. The predicted octanol–water partition coefficient (Wildman–Crippen LogP) is 2.83. The van der Waals surface area contributed by atoms with Gasteiger partial charge in [-0.15, -0.1) is 0 Å². The Morgan fingerprint density at radius 1 is 1.00 bits per heavy atom. The molecule has 0 unspecified atom stereocenters. The van der Waals surface area contributed by atoms with Gasteiger partial charge in [-0.05, 0) is 18.2 Å². The molecule has 0 amide bonds. The maximum Gasteiger partial charge on any atom is 0.433 e. The van der Waals surface area contributed by atoms with Gasteiger partial charge in [0.2, 0.25) is 5.95 Å².